The maximum atomic E-state index is 12.9. The lowest BCUT2D eigenvalue weighted by atomic mass is 9.95. The summed E-state index contributed by atoms with van der Waals surface area (Å²) < 4.78 is 2.01. The van der Waals surface area contributed by atoms with Crippen molar-refractivity contribution in [3.63, 3.8) is 0 Å². The summed E-state index contributed by atoms with van der Waals surface area (Å²) in [5, 5.41) is 17.5. The highest BCUT2D eigenvalue weighted by molar-refractivity contribution is 5.82. The number of amides is 1. The summed E-state index contributed by atoms with van der Waals surface area (Å²) in [6.45, 7) is 3.51. The zero-order chi connectivity index (χ0) is 19.7. The van der Waals surface area contributed by atoms with Gasteiger partial charge in [-0.05, 0) is 62.9 Å². The van der Waals surface area contributed by atoms with Crippen molar-refractivity contribution >= 4 is 5.91 Å². The third kappa shape index (κ3) is 3.71. The Morgan fingerprint density at radius 3 is 2.93 bits per heavy atom. The van der Waals surface area contributed by atoms with Gasteiger partial charge in [-0.15, -0.1) is 0 Å². The number of aliphatic hydroxyl groups is 1. The number of hydrogen-bond acceptors (Lipinski definition) is 4. The van der Waals surface area contributed by atoms with E-state index in [2.05, 4.69) is 41.6 Å². The number of hydrogen-bond donors (Lipinski definition) is 2. The van der Waals surface area contributed by atoms with E-state index in [-0.39, 0.29) is 18.0 Å². The van der Waals surface area contributed by atoms with Crippen LogP contribution in [-0.4, -0.2) is 51.4 Å². The Labute approximate surface area is 166 Å². The molecule has 1 aromatic carbocycles. The fourth-order valence-corrected chi connectivity index (χ4v) is 4.67. The molecule has 3 atom stereocenters. The van der Waals surface area contributed by atoms with Crippen LogP contribution in [0.15, 0.2) is 30.5 Å². The van der Waals surface area contributed by atoms with Gasteiger partial charge in [0, 0.05) is 24.8 Å². The minimum Gasteiger partial charge on any atom is -0.392 e. The second kappa shape index (κ2) is 8.05. The molecule has 28 heavy (non-hydrogen) atoms. The molecule has 1 saturated heterocycles. The number of benzene rings is 1. The summed E-state index contributed by atoms with van der Waals surface area (Å²) in [4.78, 5) is 14.8. The quantitative estimate of drug-likeness (QED) is 0.797. The van der Waals surface area contributed by atoms with E-state index >= 15 is 0 Å². The number of rotatable bonds is 4. The number of likely N-dealkylation sites (tertiary alicyclic amines) is 1. The first-order valence-corrected chi connectivity index (χ1v) is 10.4. The number of aliphatic hydroxyl groups excluding tert-OH is 1. The molecule has 6 nitrogen and oxygen atoms in total. The molecule has 0 saturated carbocycles. The molecule has 1 aliphatic heterocycles. The smallest absolute Gasteiger partial charge is 0.237 e. The van der Waals surface area contributed by atoms with Crippen molar-refractivity contribution in [1.82, 2.24) is 20.0 Å². The molecule has 150 valence electrons. The SMILES string of the molecule is CCn1nccc1-c1ccc2c(c1)CCCCC2NC(=O)C1CC(O)CN1C. The average Bonchev–Trinajstić information content (AvgIpc) is 3.24. The van der Waals surface area contributed by atoms with Gasteiger partial charge < -0.3 is 10.4 Å². The van der Waals surface area contributed by atoms with Gasteiger partial charge in [0.25, 0.3) is 0 Å². The number of β-amino-alcohol motifs (C(OH)–C–C–N with tert-alkyl or cyclic N) is 1. The van der Waals surface area contributed by atoms with Crippen LogP contribution >= 0.6 is 0 Å². The van der Waals surface area contributed by atoms with Gasteiger partial charge in [-0.1, -0.05) is 18.6 Å². The standard InChI is InChI=1S/C22H30N4O2/c1-3-26-20(10-11-23-26)16-8-9-18-15(12-16)6-4-5-7-19(18)24-22(28)21-13-17(27)14-25(21)2/h8-12,17,19,21,27H,3-7,13-14H2,1-2H3,(H,24,28). The zero-order valence-electron chi connectivity index (χ0n) is 16.8. The monoisotopic (exact) mass is 382 g/mol. The number of aromatic nitrogens is 2. The van der Waals surface area contributed by atoms with Crippen molar-refractivity contribution in [2.24, 2.45) is 0 Å². The summed E-state index contributed by atoms with van der Waals surface area (Å²) in [5.41, 5.74) is 4.88. The van der Waals surface area contributed by atoms with Gasteiger partial charge in [-0.2, -0.15) is 5.10 Å². The van der Waals surface area contributed by atoms with Gasteiger partial charge >= 0.3 is 0 Å². The van der Waals surface area contributed by atoms with Gasteiger partial charge in [0.05, 0.1) is 23.9 Å². The van der Waals surface area contributed by atoms with Gasteiger partial charge in [0.2, 0.25) is 5.91 Å². The minimum absolute atomic E-state index is 0.0324. The number of nitrogens with one attached hydrogen (secondary N) is 1. The van der Waals surface area contributed by atoms with Crippen LogP contribution in [0.5, 0.6) is 0 Å². The molecule has 1 amide bonds. The van der Waals surface area contributed by atoms with Gasteiger partial charge in [-0.3, -0.25) is 14.4 Å². The Morgan fingerprint density at radius 1 is 1.32 bits per heavy atom. The van der Waals surface area contributed by atoms with Crippen molar-refractivity contribution < 1.29 is 9.90 Å². The highest BCUT2D eigenvalue weighted by atomic mass is 16.3. The molecule has 1 aromatic heterocycles. The molecule has 0 radical (unpaired) electrons. The molecule has 2 aromatic rings. The molecule has 4 rings (SSSR count). The van der Waals surface area contributed by atoms with Crippen LogP contribution in [-0.2, 0) is 17.8 Å². The largest absolute Gasteiger partial charge is 0.392 e. The summed E-state index contributed by atoms with van der Waals surface area (Å²) in [7, 11) is 1.91. The van der Waals surface area contributed by atoms with Crippen LogP contribution < -0.4 is 5.32 Å². The van der Waals surface area contributed by atoms with Crippen LogP contribution in [0.1, 0.15) is 49.8 Å². The summed E-state index contributed by atoms with van der Waals surface area (Å²) in [6, 6.07) is 8.47. The third-order valence-corrected chi connectivity index (χ3v) is 6.16. The fraction of sp³-hybridized carbons (Fsp3) is 0.545. The van der Waals surface area contributed by atoms with Crippen LogP contribution in [0, 0.1) is 0 Å². The molecule has 0 spiro atoms. The van der Waals surface area contributed by atoms with Gasteiger partial charge in [0.15, 0.2) is 0 Å². The Morgan fingerprint density at radius 2 is 2.18 bits per heavy atom. The number of carbonyl (C=O) groups is 1. The van der Waals surface area contributed by atoms with Crippen molar-refractivity contribution in [3.05, 3.63) is 41.6 Å². The average molecular weight is 383 g/mol. The predicted molar refractivity (Wildman–Crippen MR) is 109 cm³/mol. The summed E-state index contributed by atoms with van der Waals surface area (Å²) in [5.74, 6) is 0.0324. The van der Waals surface area contributed by atoms with Crippen LogP contribution in [0.3, 0.4) is 0 Å². The Balaban J connectivity index is 1.57. The second-order valence-electron chi connectivity index (χ2n) is 8.10. The number of aryl methyl sites for hydroxylation is 2. The summed E-state index contributed by atoms with van der Waals surface area (Å²) in [6.07, 6.45) is 6.19. The lowest BCUT2D eigenvalue weighted by molar-refractivity contribution is -0.126. The van der Waals surface area contributed by atoms with Crippen LogP contribution in [0.25, 0.3) is 11.3 Å². The lowest BCUT2D eigenvalue weighted by Crippen LogP contribution is -2.42. The van der Waals surface area contributed by atoms with Crippen LogP contribution in [0.4, 0.5) is 0 Å². The molecule has 0 bridgehead atoms. The molecule has 2 aliphatic rings. The number of fused-ring (bicyclic) bond motifs is 1. The van der Waals surface area contributed by atoms with Crippen molar-refractivity contribution in [3.8, 4) is 11.3 Å². The molecular weight excluding hydrogens is 352 g/mol. The normalized spacial score (nSPS) is 25.3. The Kier molecular flexibility index (Phi) is 5.51. The van der Waals surface area contributed by atoms with E-state index in [4.69, 9.17) is 0 Å². The molecule has 6 heteroatoms. The Bertz CT molecular complexity index is 847. The maximum absolute atomic E-state index is 12.9. The van der Waals surface area contributed by atoms with Gasteiger partial charge in [-0.25, -0.2) is 0 Å². The predicted octanol–water partition coefficient (Wildman–Crippen LogP) is 2.52. The zero-order valence-corrected chi connectivity index (χ0v) is 16.8. The molecule has 1 aliphatic carbocycles. The van der Waals surface area contributed by atoms with Crippen LogP contribution in [0.2, 0.25) is 0 Å². The van der Waals surface area contributed by atoms with Crippen molar-refractivity contribution in [2.45, 2.75) is 63.8 Å². The minimum atomic E-state index is -0.409. The van der Waals surface area contributed by atoms with E-state index in [1.54, 1.807) is 0 Å². The first kappa shape index (κ1) is 19.2. The first-order chi connectivity index (χ1) is 13.6. The molecule has 2 heterocycles. The molecule has 2 N–H and O–H groups in total. The highest BCUT2D eigenvalue weighted by Crippen LogP contribution is 2.32. The molecule has 3 unspecified atom stereocenters. The summed E-state index contributed by atoms with van der Waals surface area (Å²) >= 11 is 0. The van der Waals surface area contributed by atoms with E-state index in [0.29, 0.717) is 13.0 Å². The molecule has 1 fully saturated rings. The van der Waals surface area contributed by atoms with Crippen molar-refractivity contribution in [1.29, 1.82) is 0 Å². The first-order valence-electron chi connectivity index (χ1n) is 10.4. The molecular formula is C22H30N4O2. The fourth-order valence-electron chi connectivity index (χ4n) is 4.67. The topological polar surface area (TPSA) is 70.4 Å². The third-order valence-electron chi connectivity index (χ3n) is 6.16. The highest BCUT2D eigenvalue weighted by Gasteiger charge is 2.34. The lowest BCUT2D eigenvalue weighted by Gasteiger charge is -2.24. The number of likely N-dealkylation sites (N-methyl/N-ethyl adjacent to an activating group) is 1. The maximum Gasteiger partial charge on any atom is 0.237 e. The van der Waals surface area contributed by atoms with E-state index in [9.17, 15) is 9.90 Å². The number of carbonyl (C=O) groups excluding carboxylic acids is 1. The second-order valence-corrected chi connectivity index (χ2v) is 8.10. The van der Waals surface area contributed by atoms with E-state index < -0.39 is 6.10 Å². The van der Waals surface area contributed by atoms with E-state index in [1.807, 2.05) is 22.8 Å². The van der Waals surface area contributed by atoms with Crippen molar-refractivity contribution in [2.75, 3.05) is 13.6 Å². The van der Waals surface area contributed by atoms with E-state index in [1.165, 1.54) is 16.7 Å². The van der Waals surface area contributed by atoms with Gasteiger partial charge in [0.1, 0.15) is 0 Å². The number of nitrogens with zero attached hydrogens (tertiary/aromatic N) is 3. The van der Waals surface area contributed by atoms with E-state index in [0.717, 1.165) is 37.9 Å². The Hall–Kier alpha value is -2.18.